The Bertz CT molecular complexity index is 1170. The quantitative estimate of drug-likeness (QED) is 0.0262. The zero-order valence-corrected chi connectivity index (χ0v) is 44.7. The molecule has 6 nitrogen and oxygen atoms in total. The Hall–Kier alpha value is -2.63. The van der Waals surface area contributed by atoms with E-state index in [0.717, 1.165) is 89.9 Å². The van der Waals surface area contributed by atoms with Crippen LogP contribution in [0.4, 0.5) is 0 Å². The molecule has 1 atom stereocenters. The minimum absolute atomic E-state index is 0.0848. The number of unbranched alkanes of at least 4 members (excludes halogenated alkanes) is 34. The second-order valence-electron chi connectivity index (χ2n) is 19.5. The second kappa shape index (κ2) is 56.0. The molecule has 67 heavy (non-hydrogen) atoms. The van der Waals surface area contributed by atoms with E-state index in [4.69, 9.17) is 14.2 Å². The molecule has 0 aromatic heterocycles. The Kier molecular flexibility index (Phi) is 53.8. The number of carbonyl (C=O) groups excluding carboxylic acids is 3. The van der Waals surface area contributed by atoms with Crippen LogP contribution in [0.25, 0.3) is 0 Å². The summed E-state index contributed by atoms with van der Waals surface area (Å²) in [7, 11) is 0. The van der Waals surface area contributed by atoms with Crippen molar-refractivity contribution < 1.29 is 28.6 Å². The van der Waals surface area contributed by atoms with E-state index in [1.165, 1.54) is 173 Å². The summed E-state index contributed by atoms with van der Waals surface area (Å²) in [5, 5.41) is 0. The van der Waals surface area contributed by atoms with Crippen molar-refractivity contribution in [2.45, 2.75) is 309 Å². The number of hydrogen-bond donors (Lipinski definition) is 0. The van der Waals surface area contributed by atoms with Crippen molar-refractivity contribution in [3.05, 3.63) is 48.6 Å². The van der Waals surface area contributed by atoms with Gasteiger partial charge in [-0.1, -0.05) is 256 Å². The van der Waals surface area contributed by atoms with Crippen LogP contribution in [0.5, 0.6) is 0 Å². The zero-order chi connectivity index (χ0) is 48.6. The third kappa shape index (κ3) is 54.2. The Morgan fingerprint density at radius 1 is 0.313 bits per heavy atom. The van der Waals surface area contributed by atoms with Crippen molar-refractivity contribution in [2.24, 2.45) is 0 Å². The minimum Gasteiger partial charge on any atom is -0.462 e. The third-order valence-corrected chi connectivity index (χ3v) is 12.8. The van der Waals surface area contributed by atoms with E-state index in [0.29, 0.717) is 19.3 Å². The van der Waals surface area contributed by atoms with Gasteiger partial charge in [0.2, 0.25) is 0 Å². The summed E-state index contributed by atoms with van der Waals surface area (Å²) in [6, 6.07) is 0. The van der Waals surface area contributed by atoms with E-state index in [-0.39, 0.29) is 31.1 Å². The van der Waals surface area contributed by atoms with Crippen molar-refractivity contribution in [3.63, 3.8) is 0 Å². The Balaban J connectivity index is 4.26. The van der Waals surface area contributed by atoms with Gasteiger partial charge in [-0.25, -0.2) is 0 Å². The molecule has 0 saturated heterocycles. The lowest BCUT2D eigenvalue weighted by Gasteiger charge is -2.18. The molecule has 0 rings (SSSR count). The molecule has 0 aliphatic rings. The summed E-state index contributed by atoms with van der Waals surface area (Å²) < 4.78 is 16.8. The van der Waals surface area contributed by atoms with Crippen LogP contribution in [-0.4, -0.2) is 37.2 Å². The average Bonchev–Trinajstić information content (AvgIpc) is 3.33. The van der Waals surface area contributed by atoms with Gasteiger partial charge in [0.25, 0.3) is 0 Å². The highest BCUT2D eigenvalue weighted by Gasteiger charge is 2.19. The number of esters is 3. The van der Waals surface area contributed by atoms with E-state index in [2.05, 4.69) is 69.4 Å². The molecule has 0 amide bonds. The molecule has 0 aliphatic heterocycles. The average molecular weight is 940 g/mol. The molecular weight excluding hydrogens is 829 g/mol. The number of carbonyl (C=O) groups is 3. The second-order valence-corrected chi connectivity index (χ2v) is 19.5. The van der Waals surface area contributed by atoms with Crippen LogP contribution in [0.3, 0.4) is 0 Å². The predicted molar refractivity (Wildman–Crippen MR) is 289 cm³/mol. The van der Waals surface area contributed by atoms with Crippen LogP contribution < -0.4 is 0 Å². The summed E-state index contributed by atoms with van der Waals surface area (Å²) >= 11 is 0. The normalized spacial score (nSPS) is 12.3. The number of ether oxygens (including phenoxy) is 3. The molecule has 0 fully saturated rings. The van der Waals surface area contributed by atoms with Crippen LogP contribution in [0.15, 0.2) is 48.6 Å². The van der Waals surface area contributed by atoms with Crippen molar-refractivity contribution in [3.8, 4) is 0 Å². The van der Waals surface area contributed by atoms with Gasteiger partial charge in [-0.2, -0.15) is 0 Å². The molecule has 0 aliphatic carbocycles. The van der Waals surface area contributed by atoms with Crippen LogP contribution in [0.2, 0.25) is 0 Å². The first-order valence-electron chi connectivity index (χ1n) is 29.1. The molecule has 0 saturated carbocycles. The van der Waals surface area contributed by atoms with E-state index >= 15 is 0 Å². The molecule has 6 heteroatoms. The van der Waals surface area contributed by atoms with Gasteiger partial charge in [0.05, 0.1) is 0 Å². The standard InChI is InChI=1S/C61H110O6/c1-4-7-10-13-16-19-22-25-26-27-28-29-30-31-32-33-34-37-39-42-45-48-51-54-60(63)66-57-58(67-61(64)55-52-49-46-43-40-36-24-21-18-15-12-9-6-3)56-65-59(62)53-50-47-44-41-38-35-23-20-17-14-11-8-5-2/h9,12,18,20-21,23,36,40,58H,4-8,10-11,13-17,19,22,24-35,37-39,41-57H2,1-3H3/b12-9-,21-18-,23-20-,40-36-. The fourth-order valence-corrected chi connectivity index (χ4v) is 8.45. The molecule has 390 valence electrons. The monoisotopic (exact) mass is 939 g/mol. The summed E-state index contributed by atoms with van der Waals surface area (Å²) in [5.41, 5.74) is 0. The van der Waals surface area contributed by atoms with Crippen LogP contribution in [-0.2, 0) is 28.6 Å². The molecule has 0 bridgehead atoms. The van der Waals surface area contributed by atoms with Gasteiger partial charge in [-0.15, -0.1) is 0 Å². The van der Waals surface area contributed by atoms with E-state index in [1.807, 2.05) is 0 Å². The highest BCUT2D eigenvalue weighted by atomic mass is 16.6. The van der Waals surface area contributed by atoms with Crippen LogP contribution in [0, 0.1) is 0 Å². The van der Waals surface area contributed by atoms with Crippen molar-refractivity contribution in [1.29, 1.82) is 0 Å². The highest BCUT2D eigenvalue weighted by Crippen LogP contribution is 2.17. The van der Waals surface area contributed by atoms with E-state index in [9.17, 15) is 14.4 Å². The zero-order valence-electron chi connectivity index (χ0n) is 44.7. The lowest BCUT2D eigenvalue weighted by Crippen LogP contribution is -2.30. The predicted octanol–water partition coefficient (Wildman–Crippen LogP) is 19.4. The molecule has 0 heterocycles. The number of hydrogen-bond acceptors (Lipinski definition) is 6. The molecule has 0 radical (unpaired) electrons. The van der Waals surface area contributed by atoms with E-state index in [1.54, 1.807) is 0 Å². The molecule has 1 unspecified atom stereocenters. The van der Waals surface area contributed by atoms with Crippen LogP contribution >= 0.6 is 0 Å². The fraction of sp³-hybridized carbons (Fsp3) is 0.820. The van der Waals surface area contributed by atoms with Gasteiger partial charge >= 0.3 is 17.9 Å². The fourth-order valence-electron chi connectivity index (χ4n) is 8.45. The molecule has 0 aromatic rings. The first kappa shape index (κ1) is 64.4. The Morgan fingerprint density at radius 2 is 0.582 bits per heavy atom. The Labute approximate surface area is 416 Å². The van der Waals surface area contributed by atoms with Gasteiger partial charge in [-0.3, -0.25) is 14.4 Å². The largest absolute Gasteiger partial charge is 0.462 e. The topological polar surface area (TPSA) is 78.9 Å². The maximum atomic E-state index is 12.8. The molecule has 0 aromatic carbocycles. The smallest absolute Gasteiger partial charge is 0.306 e. The van der Waals surface area contributed by atoms with Gasteiger partial charge in [-0.05, 0) is 77.0 Å². The van der Waals surface area contributed by atoms with Crippen molar-refractivity contribution in [1.82, 2.24) is 0 Å². The SMILES string of the molecule is CC/C=C\C/C=C\C/C=C\CCCCCC(=O)OC(COC(=O)CCCCCCC/C=C\CCCCCC)COC(=O)CCCCCCCCCCCCCCCCCCCCCCCCC. The first-order chi connectivity index (χ1) is 33.0. The minimum atomic E-state index is -0.789. The van der Waals surface area contributed by atoms with E-state index < -0.39 is 6.10 Å². The lowest BCUT2D eigenvalue weighted by atomic mass is 10.0. The third-order valence-electron chi connectivity index (χ3n) is 12.8. The van der Waals surface area contributed by atoms with Crippen molar-refractivity contribution >= 4 is 17.9 Å². The maximum absolute atomic E-state index is 12.8. The summed E-state index contributed by atoms with van der Waals surface area (Å²) in [4.78, 5) is 38.1. The van der Waals surface area contributed by atoms with Gasteiger partial charge in [0, 0.05) is 19.3 Å². The van der Waals surface area contributed by atoms with Gasteiger partial charge in [0.1, 0.15) is 13.2 Å². The highest BCUT2D eigenvalue weighted by molar-refractivity contribution is 5.71. The summed E-state index contributed by atoms with van der Waals surface area (Å²) in [5.74, 6) is -0.911. The number of rotatable bonds is 53. The van der Waals surface area contributed by atoms with Crippen molar-refractivity contribution in [2.75, 3.05) is 13.2 Å². The Morgan fingerprint density at radius 3 is 0.955 bits per heavy atom. The molecule has 0 spiro atoms. The maximum Gasteiger partial charge on any atom is 0.306 e. The molecular formula is C61H110O6. The summed E-state index contributed by atoms with van der Waals surface area (Å²) in [6.45, 7) is 6.51. The number of allylic oxidation sites excluding steroid dienone is 8. The van der Waals surface area contributed by atoms with Gasteiger partial charge < -0.3 is 14.2 Å². The lowest BCUT2D eigenvalue weighted by molar-refractivity contribution is -0.167. The van der Waals surface area contributed by atoms with Crippen LogP contribution in [0.1, 0.15) is 303 Å². The van der Waals surface area contributed by atoms with Gasteiger partial charge in [0.15, 0.2) is 6.10 Å². The molecule has 0 N–H and O–H groups in total. The first-order valence-corrected chi connectivity index (χ1v) is 29.1. The summed E-state index contributed by atoms with van der Waals surface area (Å²) in [6.07, 6.45) is 68.3.